The van der Waals surface area contributed by atoms with E-state index in [0.717, 1.165) is 24.0 Å². The molecule has 212 valence electrons. The topological polar surface area (TPSA) is 106 Å². The van der Waals surface area contributed by atoms with Crippen LogP contribution in [-0.4, -0.2) is 57.7 Å². The molecule has 40 heavy (non-hydrogen) atoms. The maximum atomic E-state index is 14.0. The number of hydrogen-bond acceptors (Lipinski definition) is 7. The van der Waals surface area contributed by atoms with Crippen molar-refractivity contribution < 1.29 is 28.6 Å². The van der Waals surface area contributed by atoms with Crippen molar-refractivity contribution in [3.05, 3.63) is 75.5 Å². The highest BCUT2D eigenvalue weighted by Gasteiger charge is 2.35. The number of carbonyl (C=O) groups is 3. The molecule has 1 fully saturated rings. The van der Waals surface area contributed by atoms with E-state index in [9.17, 15) is 14.4 Å². The van der Waals surface area contributed by atoms with Crippen molar-refractivity contribution in [2.75, 3.05) is 38.8 Å². The normalized spacial score (nSPS) is 15.2. The minimum absolute atomic E-state index is 0.0788. The van der Waals surface area contributed by atoms with Gasteiger partial charge in [0.05, 0.1) is 31.7 Å². The second-order valence-corrected chi connectivity index (χ2v) is 10.6. The van der Waals surface area contributed by atoms with E-state index < -0.39 is 11.9 Å². The van der Waals surface area contributed by atoms with Gasteiger partial charge in [-0.05, 0) is 73.0 Å². The lowest BCUT2D eigenvalue weighted by Crippen LogP contribution is -2.48. The zero-order valence-electron chi connectivity index (χ0n) is 23.2. The zero-order valence-corrected chi connectivity index (χ0v) is 24.0. The van der Waals surface area contributed by atoms with Crippen molar-refractivity contribution in [2.45, 2.75) is 38.8 Å². The van der Waals surface area contributed by atoms with Crippen LogP contribution in [0.15, 0.2) is 53.9 Å². The van der Waals surface area contributed by atoms with Crippen LogP contribution in [0.25, 0.3) is 0 Å². The lowest BCUT2D eigenvalue weighted by atomic mass is 10.00. The highest BCUT2D eigenvalue weighted by atomic mass is 32.1. The molecule has 1 aromatic heterocycles. The molecule has 3 amide bonds. The fourth-order valence-corrected chi connectivity index (χ4v) is 5.33. The van der Waals surface area contributed by atoms with Crippen molar-refractivity contribution in [1.82, 2.24) is 10.6 Å². The molecule has 2 aromatic carbocycles. The van der Waals surface area contributed by atoms with E-state index in [1.54, 1.807) is 35.7 Å². The largest absolute Gasteiger partial charge is 0.493 e. The van der Waals surface area contributed by atoms with Gasteiger partial charge in [0.25, 0.3) is 5.91 Å². The number of anilines is 1. The third-order valence-electron chi connectivity index (χ3n) is 6.80. The summed E-state index contributed by atoms with van der Waals surface area (Å²) >= 11 is 1.29. The summed E-state index contributed by atoms with van der Waals surface area (Å²) < 4.78 is 16.6. The quantitative estimate of drug-likeness (QED) is 0.361. The molecular formula is C30H35N3O6S. The molecular weight excluding hydrogens is 530 g/mol. The molecule has 2 atom stereocenters. The Kier molecular flexibility index (Phi) is 9.79. The first-order valence-electron chi connectivity index (χ1n) is 13.1. The number of nitrogens with zero attached hydrogens (tertiary/aromatic N) is 1. The summed E-state index contributed by atoms with van der Waals surface area (Å²) in [6, 6.07) is 13.3. The standard InChI is InChI=1S/C30H35N3O6S/c1-19-9-10-20(2)23(15-19)33(27(34)18-32-29(35)26-8-6-14-40-26)28(30(36)31-17-22-7-5-13-39-22)21-11-12-24(37-3)25(16-21)38-4/h6,8-12,14-16,22,28H,5,7,13,17-18H2,1-4H3,(H,31,36)(H,32,35)/t22-,28+/m1/s1. The Balaban J connectivity index is 1.75. The number of carbonyl (C=O) groups excluding carboxylic acids is 3. The molecule has 2 heterocycles. The van der Waals surface area contributed by atoms with Crippen molar-refractivity contribution in [3.8, 4) is 11.5 Å². The summed E-state index contributed by atoms with van der Waals surface area (Å²) in [4.78, 5) is 42.6. The van der Waals surface area contributed by atoms with E-state index in [2.05, 4.69) is 10.6 Å². The van der Waals surface area contributed by atoms with Crippen LogP contribution in [0.5, 0.6) is 11.5 Å². The van der Waals surface area contributed by atoms with Crippen LogP contribution in [-0.2, 0) is 14.3 Å². The lowest BCUT2D eigenvalue weighted by molar-refractivity contribution is -0.126. The molecule has 0 radical (unpaired) electrons. The summed E-state index contributed by atoms with van der Waals surface area (Å²) in [5.41, 5.74) is 2.83. The molecule has 1 aliphatic rings. The number of amides is 3. The van der Waals surface area contributed by atoms with Gasteiger partial charge in [-0.2, -0.15) is 0 Å². The number of thiophene rings is 1. The van der Waals surface area contributed by atoms with Gasteiger partial charge in [0, 0.05) is 18.8 Å². The molecule has 4 rings (SSSR count). The average molecular weight is 566 g/mol. The summed E-state index contributed by atoms with van der Waals surface area (Å²) in [5, 5.41) is 7.51. The predicted octanol–water partition coefficient (Wildman–Crippen LogP) is 4.18. The monoisotopic (exact) mass is 565 g/mol. The molecule has 3 aromatic rings. The van der Waals surface area contributed by atoms with Crippen molar-refractivity contribution in [3.63, 3.8) is 0 Å². The fourth-order valence-electron chi connectivity index (χ4n) is 4.69. The number of rotatable bonds is 11. The van der Waals surface area contributed by atoms with Crippen LogP contribution in [0.1, 0.15) is 45.2 Å². The van der Waals surface area contributed by atoms with E-state index in [-0.39, 0.29) is 24.5 Å². The molecule has 0 aliphatic carbocycles. The summed E-state index contributed by atoms with van der Waals surface area (Å²) in [6.45, 7) is 4.50. The van der Waals surface area contributed by atoms with Crippen LogP contribution in [0.3, 0.4) is 0 Å². The van der Waals surface area contributed by atoms with Gasteiger partial charge in [0.15, 0.2) is 11.5 Å². The van der Waals surface area contributed by atoms with Crippen molar-refractivity contribution >= 4 is 34.7 Å². The highest BCUT2D eigenvalue weighted by molar-refractivity contribution is 7.12. The number of ether oxygens (including phenoxy) is 3. The van der Waals surface area contributed by atoms with Crippen molar-refractivity contribution in [2.24, 2.45) is 0 Å². The summed E-state index contributed by atoms with van der Waals surface area (Å²) in [6.07, 6.45) is 1.72. The maximum Gasteiger partial charge on any atom is 0.261 e. The molecule has 0 bridgehead atoms. The van der Waals surface area contributed by atoms with Gasteiger partial charge in [0.1, 0.15) is 6.04 Å². The third-order valence-corrected chi connectivity index (χ3v) is 7.66. The predicted molar refractivity (Wildman–Crippen MR) is 154 cm³/mol. The molecule has 10 heteroatoms. The Morgan fingerprint density at radius 3 is 2.52 bits per heavy atom. The van der Waals surface area contributed by atoms with Gasteiger partial charge in [-0.25, -0.2) is 0 Å². The van der Waals surface area contributed by atoms with E-state index in [1.807, 2.05) is 32.0 Å². The molecule has 9 nitrogen and oxygen atoms in total. The van der Waals surface area contributed by atoms with E-state index in [0.29, 0.717) is 40.8 Å². The Hall–Kier alpha value is -3.89. The molecule has 0 saturated carbocycles. The number of hydrogen-bond donors (Lipinski definition) is 2. The number of benzene rings is 2. The molecule has 1 saturated heterocycles. The van der Waals surface area contributed by atoms with E-state index in [4.69, 9.17) is 14.2 Å². The van der Waals surface area contributed by atoms with Gasteiger partial charge in [-0.1, -0.05) is 24.3 Å². The van der Waals surface area contributed by atoms with Crippen LogP contribution < -0.4 is 25.0 Å². The first-order chi connectivity index (χ1) is 19.3. The van der Waals surface area contributed by atoms with Gasteiger partial charge < -0.3 is 24.8 Å². The molecule has 1 aliphatic heterocycles. The molecule has 0 unspecified atom stereocenters. The van der Waals surface area contributed by atoms with Crippen LogP contribution in [0.4, 0.5) is 5.69 Å². The second kappa shape index (κ2) is 13.5. The Bertz CT molecular complexity index is 1340. The summed E-state index contributed by atoms with van der Waals surface area (Å²) in [7, 11) is 3.05. The maximum absolute atomic E-state index is 14.0. The number of aryl methyl sites for hydroxylation is 2. The van der Waals surface area contributed by atoms with E-state index >= 15 is 0 Å². The molecule has 0 spiro atoms. The minimum atomic E-state index is -1.06. The van der Waals surface area contributed by atoms with E-state index in [1.165, 1.54) is 30.5 Å². The summed E-state index contributed by atoms with van der Waals surface area (Å²) in [5.74, 6) is -0.240. The Morgan fingerprint density at radius 1 is 1.05 bits per heavy atom. The smallest absolute Gasteiger partial charge is 0.261 e. The van der Waals surface area contributed by atoms with Gasteiger partial charge in [0.2, 0.25) is 11.8 Å². The van der Waals surface area contributed by atoms with Gasteiger partial charge in [-0.15, -0.1) is 11.3 Å². The SMILES string of the molecule is COc1ccc([C@@H](C(=O)NC[C@H]2CCCO2)N(C(=O)CNC(=O)c2cccs2)c2cc(C)ccc2C)cc1OC. The molecule has 2 N–H and O–H groups in total. The van der Waals surface area contributed by atoms with Gasteiger partial charge >= 0.3 is 0 Å². The number of methoxy groups -OCH3 is 2. The minimum Gasteiger partial charge on any atom is -0.493 e. The van der Waals surface area contributed by atoms with Crippen LogP contribution >= 0.6 is 11.3 Å². The lowest BCUT2D eigenvalue weighted by Gasteiger charge is -2.33. The van der Waals surface area contributed by atoms with Crippen LogP contribution in [0.2, 0.25) is 0 Å². The first-order valence-corrected chi connectivity index (χ1v) is 14.0. The fraction of sp³-hybridized carbons (Fsp3) is 0.367. The Morgan fingerprint density at radius 2 is 1.85 bits per heavy atom. The number of nitrogens with one attached hydrogen (secondary N) is 2. The van der Waals surface area contributed by atoms with Gasteiger partial charge in [-0.3, -0.25) is 19.3 Å². The van der Waals surface area contributed by atoms with Crippen molar-refractivity contribution in [1.29, 1.82) is 0 Å². The second-order valence-electron chi connectivity index (χ2n) is 9.61. The average Bonchev–Trinajstić information content (AvgIpc) is 3.69. The Labute approximate surface area is 238 Å². The highest BCUT2D eigenvalue weighted by Crippen LogP contribution is 2.36. The first kappa shape index (κ1) is 29.1. The zero-order chi connectivity index (χ0) is 28.6. The third kappa shape index (κ3) is 6.81. The van der Waals surface area contributed by atoms with Crippen LogP contribution in [0, 0.1) is 13.8 Å².